The predicted octanol–water partition coefficient (Wildman–Crippen LogP) is 10.4. The molecule has 3 nitrogen and oxygen atoms in total. The number of furan rings is 1. The van der Waals surface area contributed by atoms with Gasteiger partial charge < -0.3 is 4.42 Å². The number of hydrogen-bond acceptors (Lipinski definition) is 1. The lowest BCUT2D eigenvalue weighted by molar-refractivity contribution is -0.955. The third-order valence-corrected chi connectivity index (χ3v) is 11.8. The molecule has 0 saturated carbocycles. The first-order chi connectivity index (χ1) is 23.6. The molecule has 7 aromatic rings. The second-order valence-electron chi connectivity index (χ2n) is 15.6. The topological polar surface area (TPSA) is 20.9 Å². The van der Waals surface area contributed by atoms with E-state index < -0.39 is 5.66 Å². The molecule has 3 heteroatoms. The van der Waals surface area contributed by atoms with E-state index in [4.69, 9.17) is 4.42 Å². The van der Waals surface area contributed by atoms with Crippen LogP contribution in [-0.4, -0.2) is 0 Å². The van der Waals surface area contributed by atoms with E-state index in [9.17, 15) is 0 Å². The number of aromatic nitrogens is 2. The van der Waals surface area contributed by atoms with Gasteiger partial charge in [-0.3, -0.25) is 0 Å². The molecule has 49 heavy (non-hydrogen) atoms. The lowest BCUT2D eigenvalue weighted by atomic mass is 9.80. The normalized spacial score (nSPS) is 17.2. The van der Waals surface area contributed by atoms with Crippen LogP contribution in [0.15, 0.2) is 113 Å². The van der Waals surface area contributed by atoms with Crippen LogP contribution in [0.3, 0.4) is 0 Å². The maximum absolute atomic E-state index is 7.21. The number of allylic oxidation sites excluding steroid dienone is 2. The summed E-state index contributed by atoms with van der Waals surface area (Å²) in [6, 6.07) is 34.1. The van der Waals surface area contributed by atoms with Crippen LogP contribution >= 0.6 is 0 Å². The number of aryl methyl sites for hydroxylation is 2. The summed E-state index contributed by atoms with van der Waals surface area (Å²) in [5.74, 6) is 0. The number of nitrogens with zero attached hydrogens (tertiary/aromatic N) is 2. The minimum absolute atomic E-state index is 0.101. The Hall–Kier alpha value is -5.28. The van der Waals surface area contributed by atoms with Gasteiger partial charge in [0, 0.05) is 34.5 Å². The predicted molar refractivity (Wildman–Crippen MR) is 199 cm³/mol. The highest BCUT2D eigenvalue weighted by atomic mass is 16.3. The van der Waals surface area contributed by atoms with Gasteiger partial charge in [0.05, 0.1) is 11.1 Å². The molecule has 0 fully saturated rings. The van der Waals surface area contributed by atoms with Gasteiger partial charge in [-0.15, -0.1) is 9.13 Å². The molecule has 0 N–H and O–H groups in total. The third-order valence-electron chi connectivity index (χ3n) is 11.8. The molecule has 1 spiro atoms. The van der Waals surface area contributed by atoms with Gasteiger partial charge in [0.25, 0.3) is 0 Å². The van der Waals surface area contributed by atoms with Gasteiger partial charge in [-0.25, -0.2) is 0 Å². The number of pyridine rings is 2. The van der Waals surface area contributed by atoms with Crippen molar-refractivity contribution in [2.45, 2.75) is 66.0 Å². The smallest absolute Gasteiger partial charge is 0.417 e. The van der Waals surface area contributed by atoms with Crippen LogP contribution in [0.4, 0.5) is 0 Å². The molecule has 1 aliphatic carbocycles. The Labute approximate surface area is 287 Å². The Morgan fingerprint density at radius 3 is 2.12 bits per heavy atom. The summed E-state index contributed by atoms with van der Waals surface area (Å²) in [4.78, 5) is 0. The van der Waals surface area contributed by atoms with Crippen molar-refractivity contribution in [2.24, 2.45) is 0 Å². The Balaban J connectivity index is 1.42. The Bertz CT molecular complexity index is 2590. The summed E-state index contributed by atoms with van der Waals surface area (Å²) in [6.45, 7) is 16.1. The Kier molecular flexibility index (Phi) is 5.53. The summed E-state index contributed by atoms with van der Waals surface area (Å²) >= 11 is 0. The van der Waals surface area contributed by atoms with Crippen LogP contribution in [0.5, 0.6) is 0 Å². The molecule has 0 radical (unpaired) electrons. The average Bonchev–Trinajstić information content (AvgIpc) is 3.78. The molecule has 5 heterocycles. The van der Waals surface area contributed by atoms with Crippen LogP contribution in [0.2, 0.25) is 0 Å². The van der Waals surface area contributed by atoms with Crippen LogP contribution in [0.1, 0.15) is 73.6 Å². The van der Waals surface area contributed by atoms with Gasteiger partial charge in [0.15, 0.2) is 12.4 Å². The van der Waals surface area contributed by atoms with Gasteiger partial charge in [0.1, 0.15) is 27.9 Å². The highest BCUT2D eigenvalue weighted by Crippen LogP contribution is 2.52. The highest BCUT2D eigenvalue weighted by Gasteiger charge is 2.67. The maximum Gasteiger partial charge on any atom is 0.417 e. The summed E-state index contributed by atoms with van der Waals surface area (Å²) in [6.07, 6.45) is 5.73. The fraction of sp³-hybridized carbons (Fsp3) is 0.217. The van der Waals surface area contributed by atoms with Crippen molar-refractivity contribution in [1.29, 1.82) is 0 Å². The molecular weight excluding hydrogens is 597 g/mol. The minimum atomic E-state index is -0.624. The first-order valence-electron chi connectivity index (χ1n) is 17.6. The van der Waals surface area contributed by atoms with Gasteiger partial charge in [-0.2, -0.15) is 0 Å². The number of benzene rings is 4. The van der Waals surface area contributed by atoms with Crippen molar-refractivity contribution in [3.8, 4) is 33.6 Å². The molecule has 0 saturated heterocycles. The van der Waals surface area contributed by atoms with Crippen molar-refractivity contribution in [2.75, 3.05) is 0 Å². The summed E-state index contributed by atoms with van der Waals surface area (Å²) in [5.41, 5.74) is 20.6. The van der Waals surface area contributed by atoms with Crippen molar-refractivity contribution in [3.05, 3.63) is 148 Å². The Morgan fingerprint density at radius 2 is 1.35 bits per heavy atom. The summed E-state index contributed by atoms with van der Waals surface area (Å²) in [7, 11) is 0. The van der Waals surface area contributed by atoms with Crippen molar-refractivity contribution >= 4 is 27.5 Å². The molecule has 3 aromatic heterocycles. The maximum atomic E-state index is 7.21. The zero-order valence-corrected chi connectivity index (χ0v) is 29.3. The van der Waals surface area contributed by atoms with E-state index in [1.807, 2.05) is 0 Å². The fourth-order valence-corrected chi connectivity index (χ4v) is 9.49. The SMILES string of the molecule is CC1=C(C)c2c(ccc3c2oc2c4c(ccc23)C2(c3ccccc3-c3cccc[n+]32)[n+]2cc(-c3c(C)cccc3C)c(C(C)(C)C)cc2-4)C1. The minimum Gasteiger partial charge on any atom is -0.454 e. The number of rotatable bonds is 1. The summed E-state index contributed by atoms with van der Waals surface area (Å²) in [5, 5.41) is 2.37. The Morgan fingerprint density at radius 1 is 0.633 bits per heavy atom. The van der Waals surface area contributed by atoms with Crippen LogP contribution in [0.25, 0.3) is 61.2 Å². The standard InChI is InChI=1S/C46H40N2O/c1-26-13-12-14-27(2)40(26)34-25-48-39(24-37(34)45(5,6)7)42-36(46(48)35-16-9-8-15-33(35)38-17-10-11-22-47(38)46)21-20-32-31-19-18-30-23-28(3)29(4)41(30)43(31)49-44(32)42/h8-22,24-25H,23H2,1-7H3/q+2. The average molecular weight is 637 g/mol. The molecule has 238 valence electrons. The lowest BCUT2D eigenvalue weighted by Gasteiger charge is -2.25. The molecule has 0 bridgehead atoms. The quantitative estimate of drug-likeness (QED) is 0.164. The van der Waals surface area contributed by atoms with E-state index in [0.717, 1.165) is 17.6 Å². The molecule has 10 rings (SSSR count). The van der Waals surface area contributed by atoms with E-state index in [2.05, 4.69) is 161 Å². The number of fused-ring (bicyclic) bond motifs is 16. The van der Waals surface area contributed by atoms with E-state index in [0.29, 0.717) is 0 Å². The van der Waals surface area contributed by atoms with E-state index in [1.54, 1.807) is 0 Å². The molecule has 0 amide bonds. The first kappa shape index (κ1) is 28.7. The zero-order valence-electron chi connectivity index (χ0n) is 29.3. The monoisotopic (exact) mass is 636 g/mol. The highest BCUT2D eigenvalue weighted by molar-refractivity contribution is 6.13. The van der Waals surface area contributed by atoms with Crippen LogP contribution < -0.4 is 9.13 Å². The van der Waals surface area contributed by atoms with Gasteiger partial charge in [-0.05, 0) is 103 Å². The molecule has 3 aliphatic rings. The van der Waals surface area contributed by atoms with E-state index in [-0.39, 0.29) is 5.41 Å². The van der Waals surface area contributed by atoms with Gasteiger partial charge in [-0.1, -0.05) is 68.8 Å². The zero-order chi connectivity index (χ0) is 33.6. The molecule has 1 unspecified atom stereocenters. The second-order valence-corrected chi connectivity index (χ2v) is 15.6. The summed E-state index contributed by atoms with van der Waals surface area (Å²) < 4.78 is 12.3. The van der Waals surface area contributed by atoms with Crippen molar-refractivity contribution < 1.29 is 13.6 Å². The molecular formula is C46H40N2O+2. The molecule has 1 atom stereocenters. The molecule has 2 aliphatic heterocycles. The van der Waals surface area contributed by atoms with Crippen molar-refractivity contribution in [1.82, 2.24) is 0 Å². The van der Waals surface area contributed by atoms with Crippen molar-refractivity contribution in [3.63, 3.8) is 0 Å². The van der Waals surface area contributed by atoms with E-state index >= 15 is 0 Å². The molecule has 4 aromatic carbocycles. The fourth-order valence-electron chi connectivity index (χ4n) is 9.49. The lowest BCUT2D eigenvalue weighted by Crippen LogP contribution is -2.71. The van der Waals surface area contributed by atoms with Crippen LogP contribution in [-0.2, 0) is 17.5 Å². The second kappa shape index (κ2) is 9.45. The van der Waals surface area contributed by atoms with Gasteiger partial charge >= 0.3 is 5.66 Å². The van der Waals surface area contributed by atoms with E-state index in [1.165, 1.54) is 94.5 Å². The number of hydrogen-bond donors (Lipinski definition) is 0. The third kappa shape index (κ3) is 3.48. The van der Waals surface area contributed by atoms with Gasteiger partial charge in [0.2, 0.25) is 11.4 Å². The first-order valence-corrected chi connectivity index (χ1v) is 17.6. The van der Waals surface area contributed by atoms with Crippen LogP contribution in [0, 0.1) is 13.8 Å². The largest absolute Gasteiger partial charge is 0.454 e.